The first-order valence-corrected chi connectivity index (χ1v) is 9.12. The summed E-state index contributed by atoms with van der Waals surface area (Å²) >= 11 is 6.19. The zero-order chi connectivity index (χ0) is 17.8. The maximum atomic E-state index is 12.4. The maximum absolute atomic E-state index is 12.4. The van der Waals surface area contributed by atoms with Gasteiger partial charge in [-0.25, -0.2) is 0 Å². The number of nitrogens with one attached hydrogen (secondary N) is 1. The Kier molecular flexibility index (Phi) is 6.04. The average Bonchev–Trinajstić information content (AvgIpc) is 2.59. The van der Waals surface area contributed by atoms with E-state index in [0.717, 1.165) is 19.6 Å². The molecule has 0 aromatic heterocycles. The van der Waals surface area contributed by atoms with Crippen LogP contribution in [0.15, 0.2) is 12.1 Å². The van der Waals surface area contributed by atoms with Gasteiger partial charge in [0.05, 0.1) is 17.7 Å². The minimum absolute atomic E-state index is 0.00383. The van der Waals surface area contributed by atoms with Crippen molar-refractivity contribution in [3.05, 3.63) is 22.7 Å². The second-order valence-electron chi connectivity index (χ2n) is 6.84. The van der Waals surface area contributed by atoms with Crippen LogP contribution in [-0.2, 0) is 4.74 Å². The number of halogens is 1. The first-order valence-electron chi connectivity index (χ1n) is 8.74. The number of hydrogen-bond acceptors (Lipinski definition) is 5. The summed E-state index contributed by atoms with van der Waals surface area (Å²) in [5, 5.41) is 3.32. The van der Waals surface area contributed by atoms with Crippen LogP contribution >= 0.6 is 11.6 Å². The molecule has 1 amide bonds. The van der Waals surface area contributed by atoms with Crippen LogP contribution in [0, 0.1) is 5.92 Å². The number of fused-ring (bicyclic) bond motifs is 1. The highest BCUT2D eigenvalue weighted by Crippen LogP contribution is 2.38. The zero-order valence-electron chi connectivity index (χ0n) is 14.7. The molecule has 2 heterocycles. The van der Waals surface area contributed by atoms with Gasteiger partial charge in [0, 0.05) is 31.7 Å². The van der Waals surface area contributed by atoms with Gasteiger partial charge in [0.15, 0.2) is 11.5 Å². The number of benzene rings is 1. The Bertz CT molecular complexity index is 623. The van der Waals surface area contributed by atoms with Crippen molar-refractivity contribution < 1.29 is 19.0 Å². The van der Waals surface area contributed by atoms with E-state index in [9.17, 15) is 4.79 Å². The number of hydrogen-bond donors (Lipinski definition) is 1. The molecule has 3 rings (SSSR count). The van der Waals surface area contributed by atoms with E-state index in [-0.39, 0.29) is 12.0 Å². The molecule has 1 fully saturated rings. The third-order valence-corrected chi connectivity index (χ3v) is 4.48. The van der Waals surface area contributed by atoms with E-state index in [1.807, 2.05) is 0 Å². The average molecular weight is 369 g/mol. The quantitative estimate of drug-likeness (QED) is 0.863. The second kappa shape index (κ2) is 8.25. The molecule has 1 aromatic rings. The molecule has 0 aliphatic carbocycles. The van der Waals surface area contributed by atoms with E-state index in [1.54, 1.807) is 12.1 Å². The minimum Gasteiger partial charge on any atom is -0.486 e. The van der Waals surface area contributed by atoms with Gasteiger partial charge in [0.1, 0.15) is 13.2 Å². The molecule has 0 radical (unpaired) electrons. The van der Waals surface area contributed by atoms with Gasteiger partial charge in [0.2, 0.25) is 0 Å². The van der Waals surface area contributed by atoms with Gasteiger partial charge in [-0.3, -0.25) is 9.69 Å². The van der Waals surface area contributed by atoms with Crippen molar-refractivity contribution in [2.75, 3.05) is 46.0 Å². The van der Waals surface area contributed by atoms with Crippen molar-refractivity contribution in [3.63, 3.8) is 0 Å². The standard InChI is InChI=1S/C18H25ClN2O4/c1-12(2)10-21-3-4-23-14(11-21)9-20-18(22)13-7-15(19)17-16(8-13)24-5-6-25-17/h7-8,12,14H,3-6,9-11H2,1-2H3,(H,20,22)/t14-/m1/s1. The van der Waals surface area contributed by atoms with Gasteiger partial charge in [-0.15, -0.1) is 0 Å². The molecule has 1 saturated heterocycles. The lowest BCUT2D eigenvalue weighted by molar-refractivity contribution is -0.0295. The van der Waals surface area contributed by atoms with Crippen molar-refractivity contribution in [2.24, 2.45) is 5.92 Å². The summed E-state index contributed by atoms with van der Waals surface area (Å²) in [6.45, 7) is 9.32. The summed E-state index contributed by atoms with van der Waals surface area (Å²) < 4.78 is 16.8. The Hall–Kier alpha value is -1.50. The molecule has 1 N–H and O–H groups in total. The summed E-state index contributed by atoms with van der Waals surface area (Å²) in [5.74, 6) is 1.45. The van der Waals surface area contributed by atoms with Crippen LogP contribution in [0.4, 0.5) is 0 Å². The van der Waals surface area contributed by atoms with Crippen molar-refractivity contribution in [2.45, 2.75) is 20.0 Å². The fourth-order valence-electron chi connectivity index (χ4n) is 3.14. The van der Waals surface area contributed by atoms with Crippen LogP contribution in [0.3, 0.4) is 0 Å². The Morgan fingerprint density at radius 3 is 2.92 bits per heavy atom. The predicted molar refractivity (Wildman–Crippen MR) is 95.8 cm³/mol. The third-order valence-electron chi connectivity index (χ3n) is 4.20. The summed E-state index contributed by atoms with van der Waals surface area (Å²) in [5.41, 5.74) is 0.462. The summed E-state index contributed by atoms with van der Waals surface area (Å²) in [4.78, 5) is 14.8. The van der Waals surface area contributed by atoms with Crippen LogP contribution in [0.1, 0.15) is 24.2 Å². The van der Waals surface area contributed by atoms with E-state index >= 15 is 0 Å². The van der Waals surface area contributed by atoms with Crippen molar-refractivity contribution in [1.29, 1.82) is 0 Å². The summed E-state index contributed by atoms with van der Waals surface area (Å²) in [6.07, 6.45) is 0.00383. The fourth-order valence-corrected chi connectivity index (χ4v) is 3.40. The van der Waals surface area contributed by atoms with Gasteiger partial charge >= 0.3 is 0 Å². The molecule has 1 atom stereocenters. The first-order chi connectivity index (χ1) is 12.0. The molecular weight excluding hydrogens is 344 g/mol. The molecule has 2 aliphatic heterocycles. The van der Waals surface area contributed by atoms with Crippen molar-refractivity contribution in [1.82, 2.24) is 10.2 Å². The van der Waals surface area contributed by atoms with E-state index in [4.69, 9.17) is 25.8 Å². The van der Waals surface area contributed by atoms with Crippen LogP contribution in [-0.4, -0.2) is 62.9 Å². The smallest absolute Gasteiger partial charge is 0.251 e. The van der Waals surface area contributed by atoms with E-state index in [1.165, 1.54) is 0 Å². The number of morpholine rings is 1. The highest BCUT2D eigenvalue weighted by Gasteiger charge is 2.23. The maximum Gasteiger partial charge on any atom is 0.251 e. The fraction of sp³-hybridized carbons (Fsp3) is 0.611. The molecule has 25 heavy (non-hydrogen) atoms. The normalized spacial score (nSPS) is 20.6. The largest absolute Gasteiger partial charge is 0.486 e. The minimum atomic E-state index is -0.191. The third kappa shape index (κ3) is 4.77. The van der Waals surface area contributed by atoms with Crippen LogP contribution in [0.25, 0.3) is 0 Å². The van der Waals surface area contributed by atoms with Gasteiger partial charge in [-0.2, -0.15) is 0 Å². The van der Waals surface area contributed by atoms with E-state index in [2.05, 4.69) is 24.1 Å². The molecule has 138 valence electrons. The lowest BCUT2D eigenvalue weighted by atomic mass is 10.1. The molecule has 1 aromatic carbocycles. The Morgan fingerprint density at radius 1 is 1.32 bits per heavy atom. The van der Waals surface area contributed by atoms with Crippen LogP contribution < -0.4 is 14.8 Å². The first kappa shape index (κ1) is 18.3. The zero-order valence-corrected chi connectivity index (χ0v) is 15.5. The van der Waals surface area contributed by atoms with E-state index in [0.29, 0.717) is 54.4 Å². The monoisotopic (exact) mass is 368 g/mol. The number of amides is 1. The molecule has 6 nitrogen and oxygen atoms in total. The van der Waals surface area contributed by atoms with Gasteiger partial charge < -0.3 is 19.5 Å². The van der Waals surface area contributed by atoms with Crippen molar-refractivity contribution >= 4 is 17.5 Å². The molecule has 2 aliphatic rings. The summed E-state index contributed by atoms with van der Waals surface area (Å²) in [7, 11) is 0. The SMILES string of the molecule is CC(C)CN1CCO[C@H](CNC(=O)c2cc(Cl)c3c(c2)OCCO3)C1. The molecule has 0 saturated carbocycles. The van der Waals surface area contributed by atoms with Crippen LogP contribution in [0.5, 0.6) is 11.5 Å². The highest BCUT2D eigenvalue weighted by molar-refractivity contribution is 6.32. The Balaban J connectivity index is 1.56. The number of ether oxygens (including phenoxy) is 3. The number of carbonyl (C=O) groups is 1. The number of carbonyl (C=O) groups excluding carboxylic acids is 1. The molecule has 0 spiro atoms. The van der Waals surface area contributed by atoms with Gasteiger partial charge in [-0.1, -0.05) is 25.4 Å². The predicted octanol–water partition coefficient (Wildman–Crippen LogP) is 2.20. The molecular formula is C18H25ClN2O4. The number of rotatable bonds is 5. The lowest BCUT2D eigenvalue weighted by Crippen LogP contribution is -2.48. The second-order valence-corrected chi connectivity index (χ2v) is 7.25. The molecule has 7 heteroatoms. The van der Waals surface area contributed by atoms with Gasteiger partial charge in [-0.05, 0) is 18.1 Å². The summed E-state index contributed by atoms with van der Waals surface area (Å²) in [6, 6.07) is 3.28. The topological polar surface area (TPSA) is 60.0 Å². The van der Waals surface area contributed by atoms with E-state index < -0.39 is 0 Å². The number of nitrogens with zero attached hydrogens (tertiary/aromatic N) is 1. The van der Waals surface area contributed by atoms with Crippen LogP contribution in [0.2, 0.25) is 5.02 Å². The Labute approximate surface area is 153 Å². The highest BCUT2D eigenvalue weighted by atomic mass is 35.5. The van der Waals surface area contributed by atoms with Gasteiger partial charge in [0.25, 0.3) is 5.91 Å². The molecule has 0 bridgehead atoms. The van der Waals surface area contributed by atoms with Crippen molar-refractivity contribution in [3.8, 4) is 11.5 Å². The lowest BCUT2D eigenvalue weighted by Gasteiger charge is -2.34. The Morgan fingerprint density at radius 2 is 2.12 bits per heavy atom. The molecule has 0 unspecified atom stereocenters.